The van der Waals surface area contributed by atoms with Crippen LogP contribution in [0.4, 0.5) is 0 Å². The predicted octanol–water partition coefficient (Wildman–Crippen LogP) is 4.35. The van der Waals surface area contributed by atoms with Crippen LogP contribution in [-0.4, -0.2) is 16.6 Å². The zero-order valence-corrected chi connectivity index (χ0v) is 13.3. The van der Waals surface area contributed by atoms with E-state index >= 15 is 0 Å². The molecule has 1 aliphatic heterocycles. The highest BCUT2D eigenvalue weighted by Gasteiger charge is 2.31. The molecular weight excluding hydrogens is 296 g/mol. The highest BCUT2D eigenvalue weighted by molar-refractivity contribution is 6.30. The molecule has 22 heavy (non-hydrogen) atoms. The molecule has 1 atom stereocenters. The molecule has 0 saturated carbocycles. The number of rotatable bonds is 2. The number of carbonyl (C=O) groups is 1. The number of benzene rings is 2. The van der Waals surface area contributed by atoms with Crippen molar-refractivity contribution in [2.75, 3.05) is 0 Å². The Kier molecular flexibility index (Phi) is 3.99. The van der Waals surface area contributed by atoms with E-state index in [9.17, 15) is 4.79 Å². The Hall–Kier alpha value is -2.13. The number of hydrogen-bond donors (Lipinski definition) is 0. The molecule has 0 radical (unpaired) electrons. The summed E-state index contributed by atoms with van der Waals surface area (Å²) >= 11 is 5.95. The SMILES string of the molecule is CC(=O)N1N=C(c2ccc(C)cc2)CC1c1ccc(Cl)cc1. The summed E-state index contributed by atoms with van der Waals surface area (Å²) in [6.45, 7) is 3.60. The highest BCUT2D eigenvalue weighted by atomic mass is 35.5. The fourth-order valence-corrected chi connectivity index (χ4v) is 2.79. The molecule has 0 spiro atoms. The van der Waals surface area contributed by atoms with Crippen LogP contribution < -0.4 is 0 Å². The average Bonchev–Trinajstić information content (AvgIpc) is 2.94. The normalized spacial score (nSPS) is 17.5. The third kappa shape index (κ3) is 2.90. The van der Waals surface area contributed by atoms with Crippen LogP contribution in [0.25, 0.3) is 0 Å². The molecule has 1 unspecified atom stereocenters. The number of halogens is 1. The van der Waals surface area contributed by atoms with Gasteiger partial charge < -0.3 is 0 Å². The van der Waals surface area contributed by atoms with Crippen LogP contribution in [0.3, 0.4) is 0 Å². The highest BCUT2D eigenvalue weighted by Crippen LogP contribution is 2.33. The minimum absolute atomic E-state index is 0.0536. The maximum Gasteiger partial charge on any atom is 0.240 e. The molecule has 1 aliphatic rings. The molecule has 4 heteroatoms. The summed E-state index contributed by atoms with van der Waals surface area (Å²) in [5.41, 5.74) is 4.26. The van der Waals surface area contributed by atoms with Crippen LogP contribution >= 0.6 is 11.6 Å². The van der Waals surface area contributed by atoms with Gasteiger partial charge in [-0.15, -0.1) is 0 Å². The van der Waals surface area contributed by atoms with Gasteiger partial charge in [-0.2, -0.15) is 5.10 Å². The number of hydrogen-bond acceptors (Lipinski definition) is 2. The quantitative estimate of drug-likeness (QED) is 0.811. The summed E-state index contributed by atoms with van der Waals surface area (Å²) in [5, 5.41) is 6.79. The van der Waals surface area contributed by atoms with Crippen molar-refractivity contribution in [1.29, 1.82) is 0 Å². The fourth-order valence-electron chi connectivity index (χ4n) is 2.67. The van der Waals surface area contributed by atoms with Gasteiger partial charge in [0.05, 0.1) is 11.8 Å². The Morgan fingerprint density at radius 3 is 2.36 bits per heavy atom. The molecule has 2 aromatic rings. The first-order valence-corrected chi connectivity index (χ1v) is 7.62. The van der Waals surface area contributed by atoms with E-state index in [-0.39, 0.29) is 11.9 Å². The first-order valence-electron chi connectivity index (χ1n) is 7.24. The molecule has 0 N–H and O–H groups in total. The van der Waals surface area contributed by atoms with Gasteiger partial charge in [-0.05, 0) is 30.2 Å². The summed E-state index contributed by atoms with van der Waals surface area (Å²) in [6, 6.07) is 15.8. The fraction of sp³-hybridized carbons (Fsp3) is 0.222. The average molecular weight is 313 g/mol. The van der Waals surface area contributed by atoms with E-state index in [0.717, 1.165) is 16.8 Å². The van der Waals surface area contributed by atoms with Gasteiger partial charge in [-0.1, -0.05) is 53.6 Å². The topological polar surface area (TPSA) is 32.7 Å². The number of aryl methyl sites for hydroxylation is 1. The Labute approximate surface area is 135 Å². The lowest BCUT2D eigenvalue weighted by molar-refractivity contribution is -0.130. The standard InChI is InChI=1S/C18H17ClN2O/c1-12-3-5-14(6-4-12)17-11-18(21(20-17)13(2)22)15-7-9-16(19)10-8-15/h3-10,18H,11H2,1-2H3. The van der Waals surface area contributed by atoms with Crippen molar-refractivity contribution in [3.63, 3.8) is 0 Å². The van der Waals surface area contributed by atoms with Crippen molar-refractivity contribution in [2.24, 2.45) is 5.10 Å². The smallest absolute Gasteiger partial charge is 0.240 e. The lowest BCUT2D eigenvalue weighted by atomic mass is 9.98. The summed E-state index contributed by atoms with van der Waals surface area (Å²) in [5.74, 6) is -0.0536. The minimum atomic E-state index is -0.0638. The first kappa shape index (κ1) is 14.8. The number of nitrogens with zero attached hydrogens (tertiary/aromatic N) is 2. The van der Waals surface area contributed by atoms with Crippen molar-refractivity contribution in [3.05, 3.63) is 70.2 Å². The second-order valence-electron chi connectivity index (χ2n) is 5.55. The van der Waals surface area contributed by atoms with Gasteiger partial charge in [0.2, 0.25) is 5.91 Å². The van der Waals surface area contributed by atoms with Crippen LogP contribution in [0.2, 0.25) is 5.02 Å². The lowest BCUT2D eigenvalue weighted by Crippen LogP contribution is -2.24. The van der Waals surface area contributed by atoms with Crippen LogP contribution in [0.1, 0.15) is 36.1 Å². The predicted molar refractivity (Wildman–Crippen MR) is 89.0 cm³/mol. The van der Waals surface area contributed by atoms with Crippen molar-refractivity contribution in [1.82, 2.24) is 5.01 Å². The Morgan fingerprint density at radius 1 is 1.14 bits per heavy atom. The maximum atomic E-state index is 11.9. The Bertz CT molecular complexity index is 720. The first-order chi connectivity index (χ1) is 10.5. The van der Waals surface area contributed by atoms with Gasteiger partial charge in [-0.3, -0.25) is 4.79 Å². The molecule has 0 bridgehead atoms. The Balaban J connectivity index is 1.92. The van der Waals surface area contributed by atoms with Gasteiger partial charge in [0.1, 0.15) is 0 Å². The molecule has 1 heterocycles. The van der Waals surface area contributed by atoms with Crippen LogP contribution in [0, 0.1) is 6.92 Å². The van der Waals surface area contributed by atoms with E-state index in [1.54, 1.807) is 11.9 Å². The third-order valence-corrected chi connectivity index (χ3v) is 4.12. The summed E-state index contributed by atoms with van der Waals surface area (Å²) < 4.78 is 0. The summed E-state index contributed by atoms with van der Waals surface area (Å²) in [6.07, 6.45) is 0.713. The maximum absolute atomic E-state index is 11.9. The van der Waals surface area contributed by atoms with E-state index < -0.39 is 0 Å². The molecule has 3 rings (SSSR count). The molecule has 2 aromatic carbocycles. The van der Waals surface area contributed by atoms with Crippen molar-refractivity contribution < 1.29 is 4.79 Å². The molecule has 0 fully saturated rings. The van der Waals surface area contributed by atoms with Crippen LogP contribution in [-0.2, 0) is 4.79 Å². The third-order valence-electron chi connectivity index (χ3n) is 3.87. The number of carbonyl (C=O) groups excluding carboxylic acids is 1. The van der Waals surface area contributed by atoms with Crippen molar-refractivity contribution >= 4 is 23.2 Å². The zero-order chi connectivity index (χ0) is 15.7. The number of amides is 1. The van der Waals surface area contributed by atoms with E-state index in [1.807, 2.05) is 24.3 Å². The monoisotopic (exact) mass is 312 g/mol. The molecular formula is C18H17ClN2O. The van der Waals surface area contributed by atoms with Crippen molar-refractivity contribution in [2.45, 2.75) is 26.3 Å². The summed E-state index contributed by atoms with van der Waals surface area (Å²) in [4.78, 5) is 11.9. The van der Waals surface area contributed by atoms with E-state index in [4.69, 9.17) is 11.6 Å². The molecule has 112 valence electrons. The Morgan fingerprint density at radius 2 is 1.77 bits per heavy atom. The van der Waals surface area contributed by atoms with Gasteiger partial charge in [0, 0.05) is 18.4 Å². The minimum Gasteiger partial charge on any atom is -0.273 e. The van der Waals surface area contributed by atoms with E-state index in [1.165, 1.54) is 5.56 Å². The molecule has 0 aromatic heterocycles. The van der Waals surface area contributed by atoms with Crippen LogP contribution in [0.5, 0.6) is 0 Å². The van der Waals surface area contributed by atoms with E-state index in [2.05, 4.69) is 36.3 Å². The molecule has 1 amide bonds. The van der Waals surface area contributed by atoms with Gasteiger partial charge in [-0.25, -0.2) is 5.01 Å². The van der Waals surface area contributed by atoms with Crippen molar-refractivity contribution in [3.8, 4) is 0 Å². The number of hydrazone groups is 1. The molecule has 0 saturated heterocycles. The van der Waals surface area contributed by atoms with Crippen LogP contribution in [0.15, 0.2) is 53.6 Å². The van der Waals surface area contributed by atoms with Gasteiger partial charge in [0.15, 0.2) is 0 Å². The molecule has 3 nitrogen and oxygen atoms in total. The van der Waals surface area contributed by atoms with E-state index in [0.29, 0.717) is 11.4 Å². The van der Waals surface area contributed by atoms with Gasteiger partial charge >= 0.3 is 0 Å². The second-order valence-corrected chi connectivity index (χ2v) is 5.98. The zero-order valence-electron chi connectivity index (χ0n) is 12.6. The lowest BCUT2D eigenvalue weighted by Gasteiger charge is -2.20. The largest absolute Gasteiger partial charge is 0.273 e. The molecule has 0 aliphatic carbocycles. The van der Waals surface area contributed by atoms with Gasteiger partial charge in [0.25, 0.3) is 0 Å². The second kappa shape index (κ2) is 5.93. The summed E-state index contributed by atoms with van der Waals surface area (Å²) in [7, 11) is 0.